The van der Waals surface area contributed by atoms with Gasteiger partial charge >= 0.3 is 0 Å². The summed E-state index contributed by atoms with van der Waals surface area (Å²) in [6.07, 6.45) is 3.01. The van der Waals surface area contributed by atoms with Crippen molar-refractivity contribution in [1.29, 1.82) is 0 Å². The van der Waals surface area contributed by atoms with E-state index in [2.05, 4.69) is 0 Å². The van der Waals surface area contributed by atoms with Crippen molar-refractivity contribution in [1.82, 2.24) is 0 Å². The lowest BCUT2D eigenvalue weighted by atomic mass is 10.1. The molecule has 63 valence electrons. The first kappa shape index (κ1) is 7.93. The minimum atomic E-state index is 0.788. The van der Waals surface area contributed by atoms with E-state index in [0.717, 1.165) is 29.4 Å². The van der Waals surface area contributed by atoms with Crippen LogP contribution < -0.4 is 4.74 Å². The zero-order chi connectivity index (χ0) is 8.55. The first-order valence-corrected chi connectivity index (χ1v) is 4.43. The highest BCUT2D eigenvalue weighted by atomic mass is 35.5. The van der Waals surface area contributed by atoms with Gasteiger partial charge in [0.15, 0.2) is 0 Å². The van der Waals surface area contributed by atoms with E-state index < -0.39 is 0 Å². The van der Waals surface area contributed by atoms with Gasteiger partial charge in [-0.15, -0.1) is 0 Å². The van der Waals surface area contributed by atoms with Gasteiger partial charge in [-0.05, 0) is 29.7 Å². The first-order valence-electron chi connectivity index (χ1n) is 4.06. The maximum atomic E-state index is 5.93. The molecule has 0 aromatic heterocycles. The van der Waals surface area contributed by atoms with Gasteiger partial charge in [0.1, 0.15) is 5.75 Å². The molecule has 0 spiro atoms. The molecule has 1 aromatic carbocycles. The van der Waals surface area contributed by atoms with Crippen molar-refractivity contribution in [2.75, 3.05) is 6.61 Å². The molecule has 0 fully saturated rings. The average molecular weight is 182 g/mol. The lowest BCUT2D eigenvalue weighted by Crippen LogP contribution is -1.89. The predicted molar refractivity (Wildman–Crippen MR) is 49.7 cm³/mol. The Kier molecular flexibility index (Phi) is 1.97. The van der Waals surface area contributed by atoms with E-state index in [-0.39, 0.29) is 0 Å². The summed E-state index contributed by atoms with van der Waals surface area (Å²) in [5.41, 5.74) is 2.34. The fraction of sp³-hybridized carbons (Fsp3) is 0.300. The average Bonchev–Trinajstić information content (AvgIpc) is 2.50. The summed E-state index contributed by atoms with van der Waals surface area (Å²) in [6, 6.07) is 3.92. The smallest absolute Gasteiger partial charge is 0.126 e. The third kappa shape index (κ3) is 1.18. The highest BCUT2D eigenvalue weighted by molar-refractivity contribution is 6.30. The SMILES string of the molecule is C[CH]c1cc(Cl)cc2c1OCC2. The lowest BCUT2D eigenvalue weighted by Gasteiger charge is -2.05. The molecule has 0 saturated carbocycles. The van der Waals surface area contributed by atoms with Crippen LogP contribution in [0.25, 0.3) is 0 Å². The van der Waals surface area contributed by atoms with Crippen LogP contribution in [0.1, 0.15) is 18.1 Å². The second kappa shape index (κ2) is 2.98. The predicted octanol–water partition coefficient (Wildman–Crippen LogP) is 2.85. The van der Waals surface area contributed by atoms with Gasteiger partial charge in [0.25, 0.3) is 0 Å². The highest BCUT2D eigenvalue weighted by Gasteiger charge is 2.16. The van der Waals surface area contributed by atoms with E-state index in [0.29, 0.717) is 0 Å². The van der Waals surface area contributed by atoms with Crippen LogP contribution in [0, 0.1) is 6.42 Å². The Hall–Kier alpha value is -0.690. The molecular weight excluding hydrogens is 172 g/mol. The van der Waals surface area contributed by atoms with Crippen LogP contribution in [0.5, 0.6) is 5.75 Å². The number of hydrogen-bond acceptors (Lipinski definition) is 1. The Balaban J connectivity index is 2.55. The topological polar surface area (TPSA) is 9.23 Å². The Morgan fingerprint density at radius 1 is 1.50 bits per heavy atom. The largest absolute Gasteiger partial charge is 0.493 e. The number of ether oxygens (including phenoxy) is 1. The van der Waals surface area contributed by atoms with E-state index in [1.165, 1.54) is 5.56 Å². The second-order valence-corrected chi connectivity index (χ2v) is 3.31. The van der Waals surface area contributed by atoms with E-state index >= 15 is 0 Å². The monoisotopic (exact) mass is 181 g/mol. The summed E-state index contributed by atoms with van der Waals surface area (Å²) in [5.74, 6) is 1.02. The third-order valence-corrected chi connectivity index (χ3v) is 2.31. The molecule has 0 N–H and O–H groups in total. The highest BCUT2D eigenvalue weighted by Crippen LogP contribution is 2.33. The van der Waals surface area contributed by atoms with Gasteiger partial charge in [-0.3, -0.25) is 0 Å². The summed E-state index contributed by atoms with van der Waals surface area (Å²) < 4.78 is 5.49. The maximum absolute atomic E-state index is 5.93. The maximum Gasteiger partial charge on any atom is 0.126 e. The van der Waals surface area contributed by atoms with Crippen LogP contribution in [0.4, 0.5) is 0 Å². The number of halogens is 1. The molecule has 0 amide bonds. The van der Waals surface area contributed by atoms with Gasteiger partial charge in [0, 0.05) is 11.4 Å². The molecule has 1 radical (unpaired) electrons. The molecule has 0 saturated heterocycles. The minimum absolute atomic E-state index is 0.788. The van der Waals surface area contributed by atoms with Gasteiger partial charge in [0.2, 0.25) is 0 Å². The van der Waals surface area contributed by atoms with Gasteiger partial charge in [-0.25, -0.2) is 0 Å². The molecule has 1 aliphatic heterocycles. The quantitative estimate of drug-likeness (QED) is 0.648. The minimum Gasteiger partial charge on any atom is -0.493 e. The van der Waals surface area contributed by atoms with E-state index in [1.54, 1.807) is 0 Å². The zero-order valence-corrected chi connectivity index (χ0v) is 7.69. The van der Waals surface area contributed by atoms with Crippen molar-refractivity contribution >= 4 is 11.6 Å². The molecule has 0 unspecified atom stereocenters. The van der Waals surface area contributed by atoms with E-state index in [9.17, 15) is 0 Å². The van der Waals surface area contributed by atoms with Crippen molar-refractivity contribution in [3.63, 3.8) is 0 Å². The Labute approximate surface area is 77.3 Å². The van der Waals surface area contributed by atoms with Crippen molar-refractivity contribution in [3.8, 4) is 5.75 Å². The molecule has 2 rings (SSSR count). The van der Waals surface area contributed by atoms with Crippen LogP contribution in [-0.4, -0.2) is 6.61 Å². The summed E-state index contributed by atoms with van der Waals surface area (Å²) >= 11 is 5.93. The zero-order valence-electron chi connectivity index (χ0n) is 6.93. The van der Waals surface area contributed by atoms with Gasteiger partial charge < -0.3 is 4.74 Å². The van der Waals surface area contributed by atoms with Crippen LogP contribution in [-0.2, 0) is 6.42 Å². The Morgan fingerprint density at radius 2 is 2.33 bits per heavy atom. The summed E-state index contributed by atoms with van der Waals surface area (Å²) in [4.78, 5) is 0. The molecule has 1 heterocycles. The van der Waals surface area contributed by atoms with Gasteiger partial charge in [-0.2, -0.15) is 0 Å². The summed E-state index contributed by atoms with van der Waals surface area (Å²) in [6.45, 7) is 2.78. The number of benzene rings is 1. The number of rotatable bonds is 1. The number of fused-ring (bicyclic) bond motifs is 1. The molecule has 0 bridgehead atoms. The third-order valence-electron chi connectivity index (χ3n) is 2.09. The molecule has 2 heteroatoms. The van der Waals surface area contributed by atoms with Crippen molar-refractivity contribution in [3.05, 3.63) is 34.7 Å². The Bertz CT molecular complexity index is 307. The molecule has 1 aliphatic rings. The van der Waals surface area contributed by atoms with E-state index in [1.807, 2.05) is 25.5 Å². The first-order chi connectivity index (χ1) is 5.81. The standard InChI is InChI=1S/C10H10ClO/c1-2-7-5-9(11)6-8-3-4-12-10(7)8/h2,5-6H,3-4H2,1H3. The molecule has 0 atom stereocenters. The van der Waals surface area contributed by atoms with Gasteiger partial charge in [-0.1, -0.05) is 18.5 Å². The van der Waals surface area contributed by atoms with Crippen LogP contribution in [0.2, 0.25) is 5.02 Å². The second-order valence-electron chi connectivity index (χ2n) is 2.87. The fourth-order valence-corrected chi connectivity index (χ4v) is 1.76. The van der Waals surface area contributed by atoms with Crippen molar-refractivity contribution in [2.24, 2.45) is 0 Å². The molecule has 0 aliphatic carbocycles. The normalized spacial score (nSPS) is 14.2. The molecule has 1 nitrogen and oxygen atoms in total. The lowest BCUT2D eigenvalue weighted by molar-refractivity contribution is 0.355. The van der Waals surface area contributed by atoms with Crippen LogP contribution in [0.15, 0.2) is 12.1 Å². The molecular formula is C10H10ClO. The van der Waals surface area contributed by atoms with Crippen LogP contribution >= 0.6 is 11.6 Å². The summed E-state index contributed by atoms with van der Waals surface area (Å²) in [5, 5.41) is 0.798. The van der Waals surface area contributed by atoms with Crippen molar-refractivity contribution < 1.29 is 4.74 Å². The molecule has 12 heavy (non-hydrogen) atoms. The van der Waals surface area contributed by atoms with Crippen LogP contribution in [0.3, 0.4) is 0 Å². The number of hydrogen-bond donors (Lipinski definition) is 0. The summed E-state index contributed by atoms with van der Waals surface area (Å²) in [7, 11) is 0. The fourth-order valence-electron chi connectivity index (χ4n) is 1.51. The van der Waals surface area contributed by atoms with Crippen molar-refractivity contribution in [2.45, 2.75) is 13.3 Å². The molecule has 1 aromatic rings. The van der Waals surface area contributed by atoms with Gasteiger partial charge in [0.05, 0.1) is 6.61 Å². The van der Waals surface area contributed by atoms with E-state index in [4.69, 9.17) is 16.3 Å². The Morgan fingerprint density at radius 3 is 3.08 bits per heavy atom.